The monoisotopic (exact) mass is 223 g/mol. The van der Waals surface area contributed by atoms with Crippen molar-refractivity contribution < 1.29 is 0 Å². The average Bonchev–Trinajstić information content (AvgIpc) is 2.88. The molecule has 0 amide bonds. The second kappa shape index (κ2) is 2.92. The maximum Gasteiger partial charge on any atom is 0.0646 e. The molecular weight excluding hydrogens is 214 g/mol. The van der Waals surface area contributed by atoms with E-state index in [1.165, 1.54) is 31.3 Å². The summed E-state index contributed by atoms with van der Waals surface area (Å²) in [4.78, 5) is 4.31. The first kappa shape index (κ1) is 8.48. The summed E-state index contributed by atoms with van der Waals surface area (Å²) in [5, 5.41) is 2.73. The molecule has 0 unspecified atom stereocenters. The van der Waals surface area contributed by atoms with E-state index in [1.54, 1.807) is 0 Å². The summed E-state index contributed by atoms with van der Waals surface area (Å²) in [5.74, 6) is 0. The standard InChI is InChI=1S/C14H9NS/c1-2-4-13-11(3-1)12-5-9-7-15-8-10(9)6-14(12)16-13/h1-7H,8H2. The summed E-state index contributed by atoms with van der Waals surface area (Å²) in [6, 6.07) is 13.2. The molecule has 0 bridgehead atoms. The molecule has 1 nitrogen and oxygen atoms in total. The molecule has 16 heavy (non-hydrogen) atoms. The fraction of sp³-hybridized carbons (Fsp3) is 0.0714. The van der Waals surface area contributed by atoms with Crippen molar-refractivity contribution in [2.24, 2.45) is 4.99 Å². The second-order valence-corrected chi connectivity index (χ2v) is 5.20. The molecule has 2 aromatic carbocycles. The molecular formula is C14H9NS. The van der Waals surface area contributed by atoms with Crippen molar-refractivity contribution in [3.05, 3.63) is 47.5 Å². The van der Waals surface area contributed by atoms with Crippen molar-refractivity contribution in [2.75, 3.05) is 0 Å². The Balaban J connectivity index is 2.22. The van der Waals surface area contributed by atoms with Gasteiger partial charge in [-0.15, -0.1) is 11.3 Å². The summed E-state index contributed by atoms with van der Waals surface area (Å²) in [6.07, 6.45) is 1.99. The van der Waals surface area contributed by atoms with E-state index in [9.17, 15) is 0 Å². The lowest BCUT2D eigenvalue weighted by Crippen LogP contribution is -1.82. The highest BCUT2D eigenvalue weighted by atomic mass is 32.1. The van der Waals surface area contributed by atoms with Crippen LogP contribution in [0.4, 0.5) is 0 Å². The van der Waals surface area contributed by atoms with E-state index in [1.807, 2.05) is 17.6 Å². The molecule has 0 spiro atoms. The predicted octanol–water partition coefficient (Wildman–Crippen LogP) is 3.99. The van der Waals surface area contributed by atoms with Gasteiger partial charge in [0, 0.05) is 26.4 Å². The zero-order valence-electron chi connectivity index (χ0n) is 8.60. The number of aliphatic imine (C=N–C) groups is 1. The van der Waals surface area contributed by atoms with Crippen molar-refractivity contribution >= 4 is 37.7 Å². The van der Waals surface area contributed by atoms with E-state index in [0.29, 0.717) is 0 Å². The highest BCUT2D eigenvalue weighted by molar-refractivity contribution is 7.25. The van der Waals surface area contributed by atoms with Crippen LogP contribution in [0, 0.1) is 0 Å². The molecule has 3 aromatic rings. The van der Waals surface area contributed by atoms with Crippen LogP contribution < -0.4 is 0 Å². The van der Waals surface area contributed by atoms with Crippen molar-refractivity contribution in [1.29, 1.82) is 0 Å². The first-order valence-electron chi connectivity index (χ1n) is 5.36. The summed E-state index contributed by atoms with van der Waals surface area (Å²) < 4.78 is 2.75. The van der Waals surface area contributed by atoms with Gasteiger partial charge in [0.1, 0.15) is 0 Å². The van der Waals surface area contributed by atoms with Crippen molar-refractivity contribution in [3.63, 3.8) is 0 Å². The van der Waals surface area contributed by atoms with Crippen molar-refractivity contribution in [3.8, 4) is 0 Å². The van der Waals surface area contributed by atoms with Gasteiger partial charge < -0.3 is 0 Å². The summed E-state index contributed by atoms with van der Waals surface area (Å²) in [6.45, 7) is 0.847. The van der Waals surface area contributed by atoms with Crippen LogP contribution in [0.25, 0.3) is 20.2 Å². The molecule has 0 radical (unpaired) electrons. The van der Waals surface area contributed by atoms with Crippen LogP contribution in [-0.2, 0) is 6.54 Å². The Morgan fingerprint density at radius 2 is 1.94 bits per heavy atom. The number of hydrogen-bond donors (Lipinski definition) is 0. The van der Waals surface area contributed by atoms with Crippen molar-refractivity contribution in [2.45, 2.75) is 6.54 Å². The number of hydrogen-bond acceptors (Lipinski definition) is 2. The fourth-order valence-electron chi connectivity index (χ4n) is 2.33. The van der Waals surface area contributed by atoms with Gasteiger partial charge in [-0.1, -0.05) is 18.2 Å². The number of fused-ring (bicyclic) bond motifs is 4. The highest BCUT2D eigenvalue weighted by Crippen LogP contribution is 2.35. The topological polar surface area (TPSA) is 12.4 Å². The minimum Gasteiger partial charge on any atom is -0.288 e. The lowest BCUT2D eigenvalue weighted by atomic mass is 10.1. The van der Waals surface area contributed by atoms with Crippen molar-refractivity contribution in [1.82, 2.24) is 0 Å². The van der Waals surface area contributed by atoms with E-state index in [-0.39, 0.29) is 0 Å². The molecule has 1 aliphatic heterocycles. The van der Waals surface area contributed by atoms with E-state index in [2.05, 4.69) is 41.4 Å². The molecule has 2 heteroatoms. The largest absolute Gasteiger partial charge is 0.288 e. The molecule has 1 aromatic heterocycles. The van der Waals surface area contributed by atoms with Gasteiger partial charge >= 0.3 is 0 Å². The van der Waals surface area contributed by atoms with Crippen LogP contribution >= 0.6 is 11.3 Å². The van der Waals surface area contributed by atoms with Gasteiger partial charge in [0.2, 0.25) is 0 Å². The molecule has 0 saturated carbocycles. The SMILES string of the molecule is C1=NCc2cc3sc4ccccc4c3cc21. The number of nitrogens with zero attached hydrogens (tertiary/aromatic N) is 1. The zero-order valence-corrected chi connectivity index (χ0v) is 9.42. The molecule has 2 heterocycles. The number of rotatable bonds is 0. The summed E-state index contributed by atoms with van der Waals surface area (Å²) in [7, 11) is 0. The average molecular weight is 223 g/mol. The van der Waals surface area contributed by atoms with Gasteiger partial charge in [-0.2, -0.15) is 0 Å². The Bertz CT molecular complexity index is 737. The zero-order chi connectivity index (χ0) is 10.5. The third kappa shape index (κ3) is 1.02. The third-order valence-electron chi connectivity index (χ3n) is 3.13. The predicted molar refractivity (Wildman–Crippen MR) is 70.6 cm³/mol. The smallest absolute Gasteiger partial charge is 0.0646 e. The Morgan fingerprint density at radius 3 is 2.94 bits per heavy atom. The fourth-order valence-corrected chi connectivity index (χ4v) is 3.48. The van der Waals surface area contributed by atoms with Crippen LogP contribution in [0.5, 0.6) is 0 Å². The van der Waals surface area contributed by atoms with E-state index in [0.717, 1.165) is 6.54 Å². The molecule has 0 N–H and O–H groups in total. The van der Waals surface area contributed by atoms with Crippen LogP contribution in [0.2, 0.25) is 0 Å². The molecule has 0 atom stereocenters. The Labute approximate surface area is 97.1 Å². The lowest BCUT2D eigenvalue weighted by molar-refractivity contribution is 1.12. The van der Waals surface area contributed by atoms with Gasteiger partial charge in [0.25, 0.3) is 0 Å². The molecule has 76 valence electrons. The first-order chi connectivity index (χ1) is 7.92. The lowest BCUT2D eigenvalue weighted by Gasteiger charge is -1.97. The minimum atomic E-state index is 0.847. The first-order valence-corrected chi connectivity index (χ1v) is 6.17. The molecule has 0 fully saturated rings. The Morgan fingerprint density at radius 1 is 1.00 bits per heavy atom. The molecule has 0 aliphatic carbocycles. The van der Waals surface area contributed by atoms with E-state index >= 15 is 0 Å². The third-order valence-corrected chi connectivity index (χ3v) is 4.26. The Hall–Kier alpha value is -1.67. The normalized spacial score (nSPS) is 13.8. The Kier molecular flexibility index (Phi) is 1.55. The van der Waals surface area contributed by atoms with Gasteiger partial charge in [-0.3, -0.25) is 4.99 Å². The number of benzene rings is 2. The molecule has 1 aliphatic rings. The van der Waals surface area contributed by atoms with Gasteiger partial charge in [0.15, 0.2) is 0 Å². The van der Waals surface area contributed by atoms with E-state index in [4.69, 9.17) is 0 Å². The van der Waals surface area contributed by atoms with Crippen LogP contribution in [0.3, 0.4) is 0 Å². The quantitative estimate of drug-likeness (QED) is 0.546. The van der Waals surface area contributed by atoms with E-state index < -0.39 is 0 Å². The van der Waals surface area contributed by atoms with Crippen LogP contribution in [0.1, 0.15) is 11.1 Å². The maximum atomic E-state index is 4.31. The van der Waals surface area contributed by atoms with Crippen LogP contribution in [0.15, 0.2) is 41.4 Å². The number of thiophene rings is 1. The minimum absolute atomic E-state index is 0.847. The molecule has 4 rings (SSSR count). The van der Waals surface area contributed by atoms with Gasteiger partial charge in [-0.05, 0) is 29.3 Å². The second-order valence-electron chi connectivity index (χ2n) is 4.12. The highest BCUT2D eigenvalue weighted by Gasteiger charge is 2.11. The van der Waals surface area contributed by atoms with Gasteiger partial charge in [-0.25, -0.2) is 0 Å². The summed E-state index contributed by atoms with van der Waals surface area (Å²) in [5.41, 5.74) is 2.65. The maximum absolute atomic E-state index is 4.31. The molecule has 0 saturated heterocycles. The van der Waals surface area contributed by atoms with Gasteiger partial charge in [0.05, 0.1) is 6.54 Å². The van der Waals surface area contributed by atoms with Crippen LogP contribution in [-0.4, -0.2) is 6.21 Å². The summed E-state index contributed by atoms with van der Waals surface area (Å²) >= 11 is 1.87.